The SMILES string of the molecule is COc1cc(/C=N/NC(=O)c2cc(C3CC3)nc3ccccc23)ccc1OC(C)C. The van der Waals surface area contributed by atoms with Crippen LogP contribution in [0.4, 0.5) is 0 Å². The van der Waals surface area contributed by atoms with Crippen LogP contribution in [0.15, 0.2) is 53.6 Å². The van der Waals surface area contributed by atoms with Gasteiger partial charge in [0.25, 0.3) is 5.91 Å². The lowest BCUT2D eigenvalue weighted by Crippen LogP contribution is -2.18. The van der Waals surface area contributed by atoms with Crippen LogP contribution in [-0.4, -0.2) is 30.3 Å². The number of nitrogens with one attached hydrogen (secondary N) is 1. The maximum Gasteiger partial charge on any atom is 0.272 e. The van der Waals surface area contributed by atoms with Crippen LogP contribution in [0.25, 0.3) is 10.9 Å². The summed E-state index contributed by atoms with van der Waals surface area (Å²) >= 11 is 0. The topological polar surface area (TPSA) is 72.8 Å². The van der Waals surface area contributed by atoms with E-state index in [1.54, 1.807) is 13.3 Å². The number of methoxy groups -OCH3 is 1. The third-order valence-corrected chi connectivity index (χ3v) is 4.91. The van der Waals surface area contributed by atoms with Gasteiger partial charge in [0, 0.05) is 17.0 Å². The van der Waals surface area contributed by atoms with Gasteiger partial charge < -0.3 is 9.47 Å². The quantitative estimate of drug-likeness (QED) is 0.460. The minimum Gasteiger partial charge on any atom is -0.493 e. The summed E-state index contributed by atoms with van der Waals surface area (Å²) in [6.45, 7) is 3.92. The van der Waals surface area contributed by atoms with Gasteiger partial charge in [0.1, 0.15) is 0 Å². The number of hydrazone groups is 1. The standard InChI is InChI=1S/C24H25N3O3/c1-15(2)30-22-11-8-16(12-23(22)29-3)14-25-27-24(28)19-13-21(17-9-10-17)26-20-7-5-4-6-18(19)20/h4-8,11-15,17H,9-10H2,1-3H3,(H,27,28)/b25-14+. The van der Waals surface area contributed by atoms with Gasteiger partial charge in [-0.3, -0.25) is 9.78 Å². The molecule has 2 aromatic carbocycles. The van der Waals surface area contributed by atoms with E-state index in [0.29, 0.717) is 23.0 Å². The summed E-state index contributed by atoms with van der Waals surface area (Å²) in [4.78, 5) is 17.6. The van der Waals surface area contributed by atoms with E-state index < -0.39 is 0 Å². The summed E-state index contributed by atoms with van der Waals surface area (Å²) in [7, 11) is 1.59. The van der Waals surface area contributed by atoms with Crippen LogP contribution < -0.4 is 14.9 Å². The molecule has 1 aliphatic rings. The van der Waals surface area contributed by atoms with Crippen LogP contribution in [0.1, 0.15) is 54.2 Å². The van der Waals surface area contributed by atoms with E-state index in [4.69, 9.17) is 14.5 Å². The Kier molecular flexibility index (Phi) is 5.65. The van der Waals surface area contributed by atoms with Gasteiger partial charge in [-0.25, -0.2) is 5.43 Å². The molecule has 1 heterocycles. The molecular weight excluding hydrogens is 378 g/mol. The molecule has 1 saturated carbocycles. The minimum atomic E-state index is -0.251. The number of hydrogen-bond donors (Lipinski definition) is 1. The lowest BCUT2D eigenvalue weighted by Gasteiger charge is -2.13. The molecule has 0 radical (unpaired) electrons. The Morgan fingerprint density at radius 2 is 1.97 bits per heavy atom. The summed E-state index contributed by atoms with van der Waals surface area (Å²) < 4.78 is 11.1. The highest BCUT2D eigenvalue weighted by atomic mass is 16.5. The average molecular weight is 403 g/mol. The predicted octanol–water partition coefficient (Wildman–Crippen LogP) is 4.67. The molecular formula is C24H25N3O3. The van der Waals surface area contributed by atoms with Gasteiger partial charge in [0.2, 0.25) is 0 Å². The Morgan fingerprint density at radius 1 is 1.17 bits per heavy atom. The summed E-state index contributed by atoms with van der Waals surface area (Å²) in [5.41, 5.74) is 5.84. The lowest BCUT2D eigenvalue weighted by molar-refractivity contribution is 0.0956. The predicted molar refractivity (Wildman–Crippen MR) is 118 cm³/mol. The van der Waals surface area contributed by atoms with Crippen molar-refractivity contribution in [3.8, 4) is 11.5 Å². The number of rotatable bonds is 7. The molecule has 0 unspecified atom stereocenters. The molecule has 0 bridgehead atoms. The Labute approximate surface area is 175 Å². The van der Waals surface area contributed by atoms with Crippen LogP contribution in [0, 0.1) is 0 Å². The molecule has 6 heteroatoms. The van der Waals surface area contributed by atoms with Gasteiger partial charge >= 0.3 is 0 Å². The molecule has 1 aliphatic carbocycles. The van der Waals surface area contributed by atoms with E-state index in [1.165, 1.54) is 0 Å². The van der Waals surface area contributed by atoms with E-state index >= 15 is 0 Å². The molecule has 0 saturated heterocycles. The largest absolute Gasteiger partial charge is 0.493 e. The number of carbonyl (C=O) groups is 1. The van der Waals surface area contributed by atoms with Gasteiger partial charge in [0.15, 0.2) is 11.5 Å². The molecule has 1 aromatic heterocycles. The zero-order valence-electron chi connectivity index (χ0n) is 17.4. The summed E-state index contributed by atoms with van der Waals surface area (Å²) in [5, 5.41) is 4.96. The van der Waals surface area contributed by atoms with Crippen LogP contribution in [0.3, 0.4) is 0 Å². The van der Waals surface area contributed by atoms with Crippen molar-refractivity contribution in [2.75, 3.05) is 7.11 Å². The van der Waals surface area contributed by atoms with Crippen molar-refractivity contribution >= 4 is 23.0 Å². The van der Waals surface area contributed by atoms with E-state index in [-0.39, 0.29) is 12.0 Å². The highest BCUT2D eigenvalue weighted by Gasteiger charge is 2.26. The van der Waals surface area contributed by atoms with E-state index in [2.05, 4.69) is 10.5 Å². The Balaban J connectivity index is 1.53. The third kappa shape index (κ3) is 4.43. The van der Waals surface area contributed by atoms with E-state index in [0.717, 1.165) is 35.0 Å². The number of hydrogen-bond acceptors (Lipinski definition) is 5. The van der Waals surface area contributed by atoms with Crippen LogP contribution in [0.5, 0.6) is 11.5 Å². The number of carbonyl (C=O) groups excluding carboxylic acids is 1. The van der Waals surface area contributed by atoms with Gasteiger partial charge in [-0.05, 0) is 62.6 Å². The van der Waals surface area contributed by atoms with Gasteiger partial charge in [-0.2, -0.15) is 5.10 Å². The summed E-state index contributed by atoms with van der Waals surface area (Å²) in [5.74, 6) is 1.50. The fourth-order valence-corrected chi connectivity index (χ4v) is 3.31. The molecule has 0 spiro atoms. The van der Waals surface area contributed by atoms with E-state index in [9.17, 15) is 4.79 Å². The fourth-order valence-electron chi connectivity index (χ4n) is 3.31. The molecule has 0 atom stereocenters. The first kappa shape index (κ1) is 19.9. The number of para-hydroxylation sites is 1. The maximum absolute atomic E-state index is 12.8. The number of nitrogens with zero attached hydrogens (tertiary/aromatic N) is 2. The van der Waals surface area contributed by atoms with Crippen molar-refractivity contribution < 1.29 is 14.3 Å². The van der Waals surface area contributed by atoms with Crippen molar-refractivity contribution in [3.63, 3.8) is 0 Å². The molecule has 0 aliphatic heterocycles. The Morgan fingerprint density at radius 3 is 2.70 bits per heavy atom. The van der Waals surface area contributed by atoms with Gasteiger partial charge in [-0.15, -0.1) is 0 Å². The molecule has 154 valence electrons. The van der Waals surface area contributed by atoms with Crippen molar-refractivity contribution in [1.82, 2.24) is 10.4 Å². The van der Waals surface area contributed by atoms with E-state index in [1.807, 2.05) is 62.4 Å². The number of fused-ring (bicyclic) bond motifs is 1. The van der Waals surface area contributed by atoms with Crippen LogP contribution in [-0.2, 0) is 0 Å². The number of amides is 1. The Hall–Kier alpha value is -3.41. The number of benzene rings is 2. The van der Waals surface area contributed by atoms with Crippen molar-refractivity contribution in [2.24, 2.45) is 5.10 Å². The van der Waals surface area contributed by atoms with Crippen LogP contribution in [0.2, 0.25) is 0 Å². The first-order valence-electron chi connectivity index (χ1n) is 10.1. The molecule has 1 amide bonds. The molecule has 6 nitrogen and oxygen atoms in total. The molecule has 1 N–H and O–H groups in total. The second-order valence-corrected chi connectivity index (χ2v) is 7.66. The van der Waals surface area contributed by atoms with Crippen molar-refractivity contribution in [1.29, 1.82) is 0 Å². The lowest BCUT2D eigenvalue weighted by atomic mass is 10.1. The minimum absolute atomic E-state index is 0.0495. The second kappa shape index (κ2) is 8.53. The van der Waals surface area contributed by atoms with Crippen molar-refractivity contribution in [2.45, 2.75) is 38.7 Å². The van der Waals surface area contributed by atoms with Gasteiger partial charge in [0.05, 0.1) is 30.5 Å². The zero-order valence-corrected chi connectivity index (χ0v) is 17.4. The number of aromatic nitrogens is 1. The normalized spacial score (nSPS) is 13.7. The highest BCUT2D eigenvalue weighted by Crippen LogP contribution is 2.40. The van der Waals surface area contributed by atoms with Crippen LogP contribution >= 0.6 is 0 Å². The average Bonchev–Trinajstić information content (AvgIpc) is 3.59. The fraction of sp³-hybridized carbons (Fsp3) is 0.292. The molecule has 30 heavy (non-hydrogen) atoms. The smallest absolute Gasteiger partial charge is 0.272 e. The Bertz CT molecular complexity index is 1100. The highest BCUT2D eigenvalue weighted by molar-refractivity contribution is 6.06. The molecule has 4 rings (SSSR count). The maximum atomic E-state index is 12.8. The molecule has 3 aromatic rings. The number of pyridine rings is 1. The first-order valence-corrected chi connectivity index (χ1v) is 10.1. The first-order chi connectivity index (χ1) is 14.5. The zero-order chi connectivity index (χ0) is 21.1. The van der Waals surface area contributed by atoms with Gasteiger partial charge in [-0.1, -0.05) is 18.2 Å². The second-order valence-electron chi connectivity index (χ2n) is 7.66. The van der Waals surface area contributed by atoms with Crippen molar-refractivity contribution in [3.05, 3.63) is 65.4 Å². The monoisotopic (exact) mass is 403 g/mol. The number of ether oxygens (including phenoxy) is 2. The third-order valence-electron chi connectivity index (χ3n) is 4.91. The summed E-state index contributed by atoms with van der Waals surface area (Å²) in [6, 6.07) is 15.1. The molecule has 1 fully saturated rings. The summed E-state index contributed by atoms with van der Waals surface area (Å²) in [6.07, 6.45) is 3.89.